The van der Waals surface area contributed by atoms with E-state index < -0.39 is 5.97 Å². The molecule has 0 aliphatic carbocycles. The molecule has 0 bridgehead atoms. The van der Waals surface area contributed by atoms with Crippen molar-refractivity contribution in [3.8, 4) is 5.75 Å². The van der Waals surface area contributed by atoms with Crippen molar-refractivity contribution in [2.75, 3.05) is 0 Å². The molecule has 1 aliphatic heterocycles. The molecule has 1 heterocycles. The highest BCUT2D eigenvalue weighted by molar-refractivity contribution is 9.10. The highest BCUT2D eigenvalue weighted by Crippen LogP contribution is 2.38. The summed E-state index contributed by atoms with van der Waals surface area (Å²) in [4.78, 5) is 10.6. The van der Waals surface area contributed by atoms with E-state index >= 15 is 0 Å². The molecule has 0 fully saturated rings. The molecule has 0 saturated heterocycles. The molecule has 1 atom stereocenters. The van der Waals surface area contributed by atoms with Crippen LogP contribution in [0, 0.1) is 0 Å². The number of aliphatic carboxylic acids is 1. The SMILES string of the molecule is CC1(CCC(=O)O)Cc2ccc(Br)cc2O1. The largest absolute Gasteiger partial charge is 0.487 e. The predicted molar refractivity (Wildman–Crippen MR) is 63.7 cm³/mol. The Bertz CT molecular complexity index is 430. The molecule has 2 rings (SSSR count). The third kappa shape index (κ3) is 2.38. The summed E-state index contributed by atoms with van der Waals surface area (Å²) in [5, 5.41) is 8.69. The number of hydrogen-bond acceptors (Lipinski definition) is 2. The molecular weight excluding hydrogens is 272 g/mol. The summed E-state index contributed by atoms with van der Waals surface area (Å²) in [6.45, 7) is 1.96. The van der Waals surface area contributed by atoms with Crippen molar-refractivity contribution in [3.63, 3.8) is 0 Å². The van der Waals surface area contributed by atoms with E-state index in [9.17, 15) is 4.79 Å². The van der Waals surface area contributed by atoms with Crippen LogP contribution in [0.4, 0.5) is 0 Å². The molecule has 4 heteroatoms. The zero-order valence-electron chi connectivity index (χ0n) is 9.00. The number of hydrogen-bond donors (Lipinski definition) is 1. The Balaban J connectivity index is 2.11. The van der Waals surface area contributed by atoms with E-state index in [1.54, 1.807) is 0 Å². The van der Waals surface area contributed by atoms with Crippen molar-refractivity contribution >= 4 is 21.9 Å². The van der Waals surface area contributed by atoms with Gasteiger partial charge in [0.2, 0.25) is 0 Å². The third-order valence-corrected chi connectivity index (χ3v) is 3.31. The zero-order valence-corrected chi connectivity index (χ0v) is 10.6. The second-order valence-corrected chi connectivity index (χ2v) is 5.29. The first kappa shape index (κ1) is 11.5. The van der Waals surface area contributed by atoms with Crippen LogP contribution in [0.2, 0.25) is 0 Å². The Morgan fingerprint density at radius 1 is 1.62 bits per heavy atom. The topological polar surface area (TPSA) is 46.5 Å². The van der Waals surface area contributed by atoms with Gasteiger partial charge >= 0.3 is 5.97 Å². The van der Waals surface area contributed by atoms with Gasteiger partial charge in [0.25, 0.3) is 0 Å². The molecule has 0 radical (unpaired) electrons. The summed E-state index contributed by atoms with van der Waals surface area (Å²) in [6.07, 6.45) is 1.46. The van der Waals surface area contributed by atoms with Crippen LogP contribution in [0.15, 0.2) is 22.7 Å². The maximum atomic E-state index is 10.6. The third-order valence-electron chi connectivity index (χ3n) is 2.82. The van der Waals surface area contributed by atoms with Crippen LogP contribution < -0.4 is 4.74 Å². The van der Waals surface area contributed by atoms with Gasteiger partial charge in [-0.3, -0.25) is 4.79 Å². The van der Waals surface area contributed by atoms with E-state index in [4.69, 9.17) is 9.84 Å². The lowest BCUT2D eigenvalue weighted by Gasteiger charge is -2.22. The molecule has 1 unspecified atom stereocenters. The number of carbonyl (C=O) groups is 1. The molecule has 1 aromatic rings. The zero-order chi connectivity index (χ0) is 11.8. The smallest absolute Gasteiger partial charge is 0.303 e. The van der Waals surface area contributed by atoms with Crippen LogP contribution in [0.1, 0.15) is 25.3 Å². The van der Waals surface area contributed by atoms with Gasteiger partial charge in [0.05, 0.1) is 0 Å². The summed E-state index contributed by atoms with van der Waals surface area (Å²) in [6, 6.07) is 5.93. The molecule has 3 nitrogen and oxygen atoms in total. The minimum absolute atomic E-state index is 0.145. The first-order valence-corrected chi connectivity index (χ1v) is 5.97. The second kappa shape index (κ2) is 4.09. The number of fused-ring (bicyclic) bond motifs is 1. The lowest BCUT2D eigenvalue weighted by molar-refractivity contribution is -0.138. The molecule has 0 saturated carbocycles. The number of carboxylic acid groups (broad SMARTS) is 1. The lowest BCUT2D eigenvalue weighted by atomic mass is 9.94. The first-order chi connectivity index (χ1) is 7.48. The highest BCUT2D eigenvalue weighted by atomic mass is 79.9. The maximum absolute atomic E-state index is 10.6. The van der Waals surface area contributed by atoms with Gasteiger partial charge < -0.3 is 9.84 Å². The van der Waals surface area contributed by atoms with Crippen molar-refractivity contribution in [2.45, 2.75) is 31.8 Å². The molecule has 0 aromatic heterocycles. The number of halogens is 1. The standard InChI is InChI=1S/C12H13BrO3/c1-12(5-4-11(14)15)7-8-2-3-9(13)6-10(8)16-12/h2-3,6H,4-5,7H2,1H3,(H,14,15). The Kier molecular flexibility index (Phi) is 2.93. The van der Waals surface area contributed by atoms with Gasteiger partial charge in [-0.15, -0.1) is 0 Å². The summed E-state index contributed by atoms with van der Waals surface area (Å²) in [5.41, 5.74) is 0.776. The minimum Gasteiger partial charge on any atom is -0.487 e. The van der Waals surface area contributed by atoms with Crippen molar-refractivity contribution < 1.29 is 14.6 Å². The summed E-state index contributed by atoms with van der Waals surface area (Å²) >= 11 is 3.39. The number of ether oxygens (including phenoxy) is 1. The van der Waals surface area contributed by atoms with E-state index in [2.05, 4.69) is 15.9 Å². The van der Waals surface area contributed by atoms with E-state index in [0.717, 1.165) is 22.2 Å². The fourth-order valence-corrected chi connectivity index (χ4v) is 2.32. The molecular formula is C12H13BrO3. The predicted octanol–water partition coefficient (Wildman–Crippen LogP) is 3.01. The number of carboxylic acids is 1. The molecule has 1 aromatic carbocycles. The Morgan fingerprint density at radius 3 is 3.06 bits per heavy atom. The first-order valence-electron chi connectivity index (χ1n) is 5.18. The van der Waals surface area contributed by atoms with Gasteiger partial charge in [-0.25, -0.2) is 0 Å². The van der Waals surface area contributed by atoms with Crippen molar-refractivity contribution in [3.05, 3.63) is 28.2 Å². The van der Waals surface area contributed by atoms with E-state index in [0.29, 0.717) is 6.42 Å². The maximum Gasteiger partial charge on any atom is 0.303 e. The summed E-state index contributed by atoms with van der Waals surface area (Å²) < 4.78 is 6.81. The van der Waals surface area contributed by atoms with Crippen LogP contribution in [0.25, 0.3) is 0 Å². The fourth-order valence-electron chi connectivity index (χ4n) is 1.98. The van der Waals surface area contributed by atoms with Crippen LogP contribution >= 0.6 is 15.9 Å². The number of benzene rings is 1. The molecule has 1 aliphatic rings. The lowest BCUT2D eigenvalue weighted by Crippen LogP contribution is -2.30. The molecule has 0 amide bonds. The quantitative estimate of drug-likeness (QED) is 0.928. The number of rotatable bonds is 3. The highest BCUT2D eigenvalue weighted by Gasteiger charge is 2.34. The van der Waals surface area contributed by atoms with Gasteiger partial charge in [-0.1, -0.05) is 22.0 Å². The van der Waals surface area contributed by atoms with Crippen LogP contribution in [-0.4, -0.2) is 16.7 Å². The molecule has 0 spiro atoms. The van der Waals surface area contributed by atoms with E-state index in [1.807, 2.05) is 25.1 Å². The monoisotopic (exact) mass is 284 g/mol. The molecule has 16 heavy (non-hydrogen) atoms. The van der Waals surface area contributed by atoms with Gasteiger partial charge in [0.1, 0.15) is 11.4 Å². The van der Waals surface area contributed by atoms with Gasteiger partial charge in [-0.05, 0) is 31.0 Å². The van der Waals surface area contributed by atoms with E-state index in [-0.39, 0.29) is 12.0 Å². The summed E-state index contributed by atoms with van der Waals surface area (Å²) in [7, 11) is 0. The van der Waals surface area contributed by atoms with Crippen LogP contribution in [0.3, 0.4) is 0 Å². The Labute approximate surface area is 103 Å². The van der Waals surface area contributed by atoms with Crippen LogP contribution in [0.5, 0.6) is 5.75 Å². The van der Waals surface area contributed by atoms with E-state index in [1.165, 1.54) is 0 Å². The van der Waals surface area contributed by atoms with Gasteiger partial charge in [0, 0.05) is 17.3 Å². The van der Waals surface area contributed by atoms with Gasteiger partial charge in [-0.2, -0.15) is 0 Å². The Morgan fingerprint density at radius 2 is 2.38 bits per heavy atom. The van der Waals surface area contributed by atoms with Gasteiger partial charge in [0.15, 0.2) is 0 Å². The fraction of sp³-hybridized carbons (Fsp3) is 0.417. The molecule has 86 valence electrons. The average Bonchev–Trinajstić information content (AvgIpc) is 2.51. The normalized spacial score (nSPS) is 22.6. The van der Waals surface area contributed by atoms with Crippen molar-refractivity contribution in [2.24, 2.45) is 0 Å². The minimum atomic E-state index is -0.776. The summed E-state index contributed by atoms with van der Waals surface area (Å²) in [5.74, 6) is 0.0872. The molecule has 1 N–H and O–H groups in total. The van der Waals surface area contributed by atoms with Crippen LogP contribution in [-0.2, 0) is 11.2 Å². The van der Waals surface area contributed by atoms with Crippen molar-refractivity contribution in [1.82, 2.24) is 0 Å². The second-order valence-electron chi connectivity index (χ2n) is 4.37. The Hall–Kier alpha value is -1.03. The van der Waals surface area contributed by atoms with Crippen molar-refractivity contribution in [1.29, 1.82) is 0 Å². The average molecular weight is 285 g/mol.